The van der Waals surface area contributed by atoms with Crippen LogP contribution in [0.2, 0.25) is 0 Å². The number of methoxy groups -OCH3 is 1. The van der Waals surface area contributed by atoms with E-state index in [0.29, 0.717) is 16.8 Å². The number of hydrogen-bond acceptors (Lipinski definition) is 7. The zero-order valence-electron chi connectivity index (χ0n) is 22.5. The number of ether oxygens (including phenoxy) is 2. The molecule has 0 spiro atoms. The third-order valence-electron chi connectivity index (χ3n) is 5.79. The minimum atomic E-state index is -1.05. The van der Waals surface area contributed by atoms with E-state index in [0.717, 1.165) is 10.0 Å². The average Bonchev–Trinajstić information content (AvgIpc) is 2.99. The molecular formula is C31H25BrN4O6. The quantitative estimate of drug-likeness (QED) is 0.0794. The van der Waals surface area contributed by atoms with Crippen LogP contribution in [0.4, 0.5) is 11.4 Å². The molecule has 0 fully saturated rings. The summed E-state index contributed by atoms with van der Waals surface area (Å²) in [5.41, 5.74) is 4.92. The molecule has 0 unspecified atom stereocenters. The fourth-order valence-electron chi connectivity index (χ4n) is 3.61. The molecule has 4 rings (SSSR count). The lowest BCUT2D eigenvalue weighted by molar-refractivity contribution is -0.136. The summed E-state index contributed by atoms with van der Waals surface area (Å²) in [4.78, 5) is 50.1. The van der Waals surface area contributed by atoms with Gasteiger partial charge >= 0.3 is 17.8 Å². The van der Waals surface area contributed by atoms with Gasteiger partial charge in [-0.3, -0.25) is 14.4 Å². The number of halogens is 1. The van der Waals surface area contributed by atoms with Crippen LogP contribution in [0.1, 0.15) is 31.8 Å². The smallest absolute Gasteiger partial charge is 0.343 e. The summed E-state index contributed by atoms with van der Waals surface area (Å²) in [7, 11) is 1.42. The molecule has 10 nitrogen and oxygen atoms in total. The molecule has 0 saturated carbocycles. The molecule has 0 aliphatic heterocycles. The van der Waals surface area contributed by atoms with E-state index in [4.69, 9.17) is 9.47 Å². The largest absolute Gasteiger partial charge is 0.493 e. The normalized spacial score (nSPS) is 10.5. The molecule has 0 saturated heterocycles. The number of aryl methyl sites for hydroxylation is 1. The van der Waals surface area contributed by atoms with E-state index in [2.05, 4.69) is 37.1 Å². The summed E-state index contributed by atoms with van der Waals surface area (Å²) in [5.74, 6) is -2.61. The topological polar surface area (TPSA) is 135 Å². The highest BCUT2D eigenvalue weighted by Gasteiger charge is 2.18. The predicted octanol–water partition coefficient (Wildman–Crippen LogP) is 5.33. The van der Waals surface area contributed by atoms with Gasteiger partial charge in [0.05, 0.1) is 30.1 Å². The molecule has 42 heavy (non-hydrogen) atoms. The fraction of sp³-hybridized carbons (Fsp3) is 0.0645. The molecule has 212 valence electrons. The number of amides is 3. The summed E-state index contributed by atoms with van der Waals surface area (Å²) in [6, 6.07) is 24.9. The summed E-state index contributed by atoms with van der Waals surface area (Å²) >= 11 is 3.34. The first-order valence-electron chi connectivity index (χ1n) is 12.5. The lowest BCUT2D eigenvalue weighted by Crippen LogP contribution is -2.33. The first kappa shape index (κ1) is 29.7. The molecular weight excluding hydrogens is 604 g/mol. The number of hydrazone groups is 1. The van der Waals surface area contributed by atoms with E-state index >= 15 is 0 Å². The first-order chi connectivity index (χ1) is 20.2. The Morgan fingerprint density at radius 3 is 2.24 bits per heavy atom. The Morgan fingerprint density at radius 1 is 0.810 bits per heavy atom. The number of carbonyl (C=O) groups excluding carboxylic acids is 4. The molecule has 0 radical (unpaired) electrons. The van der Waals surface area contributed by atoms with Gasteiger partial charge in [-0.1, -0.05) is 45.8 Å². The maximum absolute atomic E-state index is 12.8. The summed E-state index contributed by atoms with van der Waals surface area (Å²) in [5, 5.41) is 8.99. The third kappa shape index (κ3) is 7.89. The van der Waals surface area contributed by atoms with Crippen molar-refractivity contribution < 1.29 is 28.7 Å². The van der Waals surface area contributed by atoms with Crippen LogP contribution >= 0.6 is 15.9 Å². The first-order valence-corrected chi connectivity index (χ1v) is 13.3. The molecule has 3 N–H and O–H groups in total. The number of nitrogens with zero attached hydrogens (tertiary/aromatic N) is 1. The van der Waals surface area contributed by atoms with Gasteiger partial charge in [0.25, 0.3) is 5.91 Å². The average molecular weight is 629 g/mol. The molecule has 11 heteroatoms. The number of benzene rings is 4. The molecule has 0 aliphatic rings. The number of hydrogen-bond donors (Lipinski definition) is 3. The predicted molar refractivity (Wildman–Crippen MR) is 162 cm³/mol. The second kappa shape index (κ2) is 13.9. The maximum Gasteiger partial charge on any atom is 0.343 e. The lowest BCUT2D eigenvalue weighted by Gasteiger charge is -2.11. The van der Waals surface area contributed by atoms with Crippen molar-refractivity contribution >= 4 is 57.2 Å². The zero-order valence-corrected chi connectivity index (χ0v) is 24.1. The van der Waals surface area contributed by atoms with Crippen LogP contribution in [-0.4, -0.2) is 37.0 Å². The fourth-order valence-corrected chi connectivity index (χ4v) is 3.88. The van der Waals surface area contributed by atoms with Gasteiger partial charge in [0.1, 0.15) is 0 Å². The van der Waals surface area contributed by atoms with Gasteiger partial charge in [-0.05, 0) is 79.2 Å². The van der Waals surface area contributed by atoms with E-state index < -0.39 is 23.7 Å². The summed E-state index contributed by atoms with van der Waals surface area (Å²) in [6.07, 6.45) is 1.29. The molecule has 4 aromatic rings. The number of esters is 1. The number of anilines is 2. The van der Waals surface area contributed by atoms with Crippen molar-refractivity contribution in [2.75, 3.05) is 17.7 Å². The molecule has 4 aromatic carbocycles. The van der Waals surface area contributed by atoms with E-state index in [1.54, 1.807) is 60.7 Å². The zero-order chi connectivity index (χ0) is 30.1. The summed E-state index contributed by atoms with van der Waals surface area (Å²) < 4.78 is 11.6. The van der Waals surface area contributed by atoms with E-state index in [-0.39, 0.29) is 22.7 Å². The van der Waals surface area contributed by atoms with Crippen molar-refractivity contribution in [3.8, 4) is 11.5 Å². The second-order valence-corrected chi connectivity index (χ2v) is 9.74. The van der Waals surface area contributed by atoms with Crippen molar-refractivity contribution in [3.05, 3.63) is 118 Å². The Bertz CT molecular complexity index is 1650. The Hall–Kier alpha value is -5.29. The van der Waals surface area contributed by atoms with Crippen LogP contribution in [0.15, 0.2) is 101 Å². The van der Waals surface area contributed by atoms with Crippen molar-refractivity contribution in [2.24, 2.45) is 5.10 Å². The highest BCUT2D eigenvalue weighted by atomic mass is 79.9. The molecule has 0 atom stereocenters. The molecule has 3 amide bonds. The highest BCUT2D eigenvalue weighted by molar-refractivity contribution is 9.10. The monoisotopic (exact) mass is 628 g/mol. The number of para-hydroxylation sites is 1. The van der Waals surface area contributed by atoms with Gasteiger partial charge in [0.2, 0.25) is 0 Å². The number of carbonyl (C=O) groups is 4. The summed E-state index contributed by atoms with van der Waals surface area (Å²) in [6.45, 7) is 1.92. The number of nitrogens with one attached hydrogen (secondary N) is 3. The van der Waals surface area contributed by atoms with Crippen molar-refractivity contribution in [1.82, 2.24) is 5.43 Å². The van der Waals surface area contributed by atoms with Crippen molar-refractivity contribution in [1.29, 1.82) is 0 Å². The van der Waals surface area contributed by atoms with Crippen LogP contribution in [-0.2, 0) is 9.59 Å². The Balaban J connectivity index is 1.35. The molecule has 0 bridgehead atoms. The van der Waals surface area contributed by atoms with Crippen LogP contribution in [0.5, 0.6) is 11.5 Å². The van der Waals surface area contributed by atoms with Crippen LogP contribution in [0, 0.1) is 6.92 Å². The molecule has 0 heterocycles. The van der Waals surface area contributed by atoms with Crippen LogP contribution in [0.25, 0.3) is 0 Å². The third-order valence-corrected chi connectivity index (χ3v) is 6.31. The van der Waals surface area contributed by atoms with Gasteiger partial charge in [0, 0.05) is 10.2 Å². The SMILES string of the molecule is COc1cc(/C=N/NC(=O)C(=O)Nc2ccccc2C(=O)Nc2ccc(Br)cc2)ccc1OC(=O)c1ccc(C)cc1. The molecule has 0 aliphatic carbocycles. The number of rotatable bonds is 8. The van der Waals surface area contributed by atoms with Gasteiger partial charge in [-0.25, -0.2) is 10.2 Å². The van der Waals surface area contributed by atoms with Crippen molar-refractivity contribution in [3.63, 3.8) is 0 Å². The van der Waals surface area contributed by atoms with Gasteiger partial charge in [-0.2, -0.15) is 5.10 Å². The molecule has 0 aromatic heterocycles. The Labute approximate surface area is 249 Å². The highest BCUT2D eigenvalue weighted by Crippen LogP contribution is 2.28. The standard InChI is InChI=1S/C31H25BrN4O6/c1-19-7-10-21(11-8-19)31(40)42-26-16-9-20(17-27(26)41-2)18-33-36-30(39)29(38)35-25-6-4-3-5-24(25)28(37)34-23-14-12-22(32)13-15-23/h3-18H,1-2H3,(H,34,37)(H,35,38)(H,36,39)/b33-18+. The van der Waals surface area contributed by atoms with Crippen molar-refractivity contribution in [2.45, 2.75) is 6.92 Å². The lowest BCUT2D eigenvalue weighted by atomic mass is 10.1. The Kier molecular flexibility index (Phi) is 9.80. The van der Waals surface area contributed by atoms with Gasteiger partial charge in [0.15, 0.2) is 11.5 Å². The van der Waals surface area contributed by atoms with E-state index in [9.17, 15) is 19.2 Å². The van der Waals surface area contributed by atoms with Crippen LogP contribution in [0.3, 0.4) is 0 Å². The van der Waals surface area contributed by atoms with E-state index in [1.807, 2.05) is 19.1 Å². The Morgan fingerprint density at radius 2 is 1.52 bits per heavy atom. The van der Waals surface area contributed by atoms with E-state index in [1.165, 1.54) is 31.5 Å². The van der Waals surface area contributed by atoms with Crippen LogP contribution < -0.4 is 25.5 Å². The van der Waals surface area contributed by atoms with Gasteiger partial charge in [-0.15, -0.1) is 0 Å². The minimum absolute atomic E-state index is 0.150. The minimum Gasteiger partial charge on any atom is -0.493 e. The second-order valence-electron chi connectivity index (χ2n) is 8.83. The van der Waals surface area contributed by atoms with Gasteiger partial charge < -0.3 is 20.1 Å². The maximum atomic E-state index is 12.8.